The molecule has 5 atom stereocenters. The highest BCUT2D eigenvalue weighted by molar-refractivity contribution is 6.07. The van der Waals surface area contributed by atoms with E-state index >= 15 is 0 Å². The van der Waals surface area contributed by atoms with Gasteiger partial charge in [0.25, 0.3) is 5.91 Å². The summed E-state index contributed by atoms with van der Waals surface area (Å²) in [7, 11) is 1.60. The van der Waals surface area contributed by atoms with Crippen LogP contribution in [0.3, 0.4) is 0 Å². The number of carbonyl (C=O) groups excluding carboxylic acids is 3. The quantitative estimate of drug-likeness (QED) is 0.326. The summed E-state index contributed by atoms with van der Waals surface area (Å²) >= 11 is 0. The third-order valence-corrected chi connectivity index (χ3v) is 9.70. The Morgan fingerprint density at radius 3 is 2.16 bits per heavy atom. The highest BCUT2D eigenvalue weighted by atomic mass is 16.5. The molecule has 4 aliphatic rings. The fraction of sp³-hybridized carbons (Fsp3) is 0.457. The lowest BCUT2D eigenvalue weighted by molar-refractivity contribution is -0.145. The molecule has 9 nitrogen and oxygen atoms in total. The molecule has 2 aromatic rings. The van der Waals surface area contributed by atoms with E-state index < -0.39 is 29.1 Å². The summed E-state index contributed by atoms with van der Waals surface area (Å²) in [5.41, 5.74) is -0.886. The molecule has 0 bridgehead atoms. The van der Waals surface area contributed by atoms with Crippen LogP contribution < -0.4 is 14.5 Å². The lowest BCUT2D eigenvalue weighted by Gasteiger charge is -2.38. The first-order chi connectivity index (χ1) is 21.4. The molecule has 3 amide bonds. The molecule has 0 aromatic heterocycles. The Morgan fingerprint density at radius 2 is 1.48 bits per heavy atom. The molecule has 1 unspecified atom stereocenters. The zero-order valence-electron chi connectivity index (χ0n) is 25.4. The number of para-hydroxylation sites is 1. The lowest BCUT2D eigenvalue weighted by Crippen LogP contribution is -2.56. The van der Waals surface area contributed by atoms with Gasteiger partial charge in [0.1, 0.15) is 17.4 Å². The first-order valence-electron chi connectivity index (χ1n) is 15.7. The van der Waals surface area contributed by atoms with Crippen molar-refractivity contribution < 1.29 is 29.0 Å². The van der Waals surface area contributed by atoms with Crippen molar-refractivity contribution in [2.45, 2.75) is 56.3 Å². The van der Waals surface area contributed by atoms with Gasteiger partial charge in [-0.15, -0.1) is 0 Å². The number of methoxy groups -OCH3 is 1. The molecule has 0 radical (unpaired) electrons. The van der Waals surface area contributed by atoms with Crippen LogP contribution in [0, 0.1) is 11.8 Å². The second-order valence-corrected chi connectivity index (χ2v) is 12.0. The van der Waals surface area contributed by atoms with Crippen molar-refractivity contribution in [1.29, 1.82) is 0 Å². The Morgan fingerprint density at radius 1 is 0.818 bits per heavy atom. The van der Waals surface area contributed by atoms with Crippen LogP contribution in [-0.4, -0.2) is 78.3 Å². The largest absolute Gasteiger partial charge is 0.497 e. The second kappa shape index (κ2) is 12.2. The van der Waals surface area contributed by atoms with Crippen molar-refractivity contribution in [3.05, 3.63) is 78.9 Å². The van der Waals surface area contributed by atoms with E-state index in [2.05, 4.69) is 0 Å². The minimum Gasteiger partial charge on any atom is -0.497 e. The molecule has 0 saturated carbocycles. The number of rotatable bonds is 10. The van der Waals surface area contributed by atoms with Gasteiger partial charge in [-0.2, -0.15) is 0 Å². The maximum Gasteiger partial charge on any atom is 0.253 e. The van der Waals surface area contributed by atoms with Gasteiger partial charge in [0, 0.05) is 37.6 Å². The summed E-state index contributed by atoms with van der Waals surface area (Å²) in [6.07, 6.45) is 11.2. The Hall–Kier alpha value is -3.95. The van der Waals surface area contributed by atoms with E-state index in [9.17, 15) is 19.5 Å². The number of aliphatic hydroxyl groups is 1. The number of hydrogen-bond donors (Lipinski definition) is 1. The molecular weight excluding hydrogens is 558 g/mol. The summed E-state index contributed by atoms with van der Waals surface area (Å²) < 4.78 is 12.4. The van der Waals surface area contributed by atoms with E-state index in [0.29, 0.717) is 50.3 Å². The smallest absolute Gasteiger partial charge is 0.253 e. The average molecular weight is 600 g/mol. The molecule has 1 spiro atoms. The predicted molar refractivity (Wildman–Crippen MR) is 167 cm³/mol. The van der Waals surface area contributed by atoms with Gasteiger partial charge in [-0.1, -0.05) is 62.3 Å². The number of hydrogen-bond acceptors (Lipinski definition) is 6. The van der Waals surface area contributed by atoms with Crippen molar-refractivity contribution in [3.8, 4) is 5.75 Å². The average Bonchev–Trinajstić information content (AvgIpc) is 3.33. The summed E-state index contributed by atoms with van der Waals surface area (Å²) in [6, 6.07) is 15.9. The van der Waals surface area contributed by atoms with Gasteiger partial charge in [-0.25, -0.2) is 0 Å². The van der Waals surface area contributed by atoms with E-state index in [-0.39, 0.29) is 24.3 Å². The van der Waals surface area contributed by atoms with Crippen LogP contribution in [0.25, 0.3) is 0 Å². The highest BCUT2D eigenvalue weighted by Gasteiger charge is 2.75. The zero-order chi connectivity index (χ0) is 30.9. The topological polar surface area (TPSA) is 99.6 Å². The molecular formula is C35H41N3O6. The van der Waals surface area contributed by atoms with Crippen LogP contribution >= 0.6 is 0 Å². The van der Waals surface area contributed by atoms with Crippen LogP contribution in [0.1, 0.15) is 39.0 Å². The summed E-state index contributed by atoms with van der Waals surface area (Å²) in [6.45, 7) is 3.15. The molecule has 6 rings (SSSR count). The Balaban J connectivity index is 1.43. The van der Waals surface area contributed by atoms with Crippen LogP contribution in [-0.2, 0) is 19.1 Å². The molecule has 9 heteroatoms. The molecule has 44 heavy (non-hydrogen) atoms. The van der Waals surface area contributed by atoms with Crippen molar-refractivity contribution in [2.75, 3.05) is 43.2 Å². The zero-order valence-corrected chi connectivity index (χ0v) is 25.4. The van der Waals surface area contributed by atoms with Gasteiger partial charge in [-0.05, 0) is 55.7 Å². The number of fused-ring (bicyclic) bond motifs is 2. The monoisotopic (exact) mass is 599 g/mol. The Labute approximate surface area is 258 Å². The number of aliphatic hydroxyl groups excluding tert-OH is 1. The first-order valence-corrected chi connectivity index (χ1v) is 15.7. The van der Waals surface area contributed by atoms with Crippen LogP contribution in [0.4, 0.5) is 11.4 Å². The van der Waals surface area contributed by atoms with Gasteiger partial charge >= 0.3 is 0 Å². The van der Waals surface area contributed by atoms with Crippen molar-refractivity contribution in [1.82, 2.24) is 4.90 Å². The molecule has 4 aliphatic heterocycles. The number of benzene rings is 2. The fourth-order valence-electron chi connectivity index (χ4n) is 7.58. The summed E-state index contributed by atoms with van der Waals surface area (Å²) in [5, 5.41) is 9.24. The van der Waals surface area contributed by atoms with E-state index in [1.54, 1.807) is 21.8 Å². The van der Waals surface area contributed by atoms with Crippen molar-refractivity contribution in [2.24, 2.45) is 11.8 Å². The van der Waals surface area contributed by atoms with Gasteiger partial charge in [0.05, 0.1) is 24.5 Å². The van der Waals surface area contributed by atoms with Gasteiger partial charge in [0.15, 0.2) is 0 Å². The van der Waals surface area contributed by atoms with E-state index in [1.165, 1.54) is 0 Å². The van der Waals surface area contributed by atoms with Crippen molar-refractivity contribution in [3.63, 3.8) is 0 Å². The van der Waals surface area contributed by atoms with E-state index in [1.807, 2.05) is 85.8 Å². The van der Waals surface area contributed by atoms with Gasteiger partial charge in [0.2, 0.25) is 11.8 Å². The minimum atomic E-state index is -1.30. The number of unbranched alkanes of at least 4 members (excludes halogenated alkanes) is 3. The SMILES string of the molecule is CC[C@]12C=CCN(c3ccccc3)C(=O)[C@H]1[C@H]1C(=O)N(CCCCCCO)C3C(=O)N(c4ccc(OC)cc4)CC=C[C@@]31O2. The van der Waals surface area contributed by atoms with Crippen LogP contribution in [0.2, 0.25) is 0 Å². The molecule has 232 valence electrons. The first kappa shape index (κ1) is 30.1. The Bertz CT molecular complexity index is 1440. The molecule has 2 saturated heterocycles. The summed E-state index contributed by atoms with van der Waals surface area (Å²) in [4.78, 5) is 49.0. The van der Waals surface area contributed by atoms with Gasteiger partial charge < -0.3 is 29.3 Å². The minimum absolute atomic E-state index is 0.124. The predicted octanol–water partition coefficient (Wildman–Crippen LogP) is 4.11. The second-order valence-electron chi connectivity index (χ2n) is 12.0. The molecule has 2 aromatic carbocycles. The normalized spacial score (nSPS) is 29.4. The van der Waals surface area contributed by atoms with Crippen LogP contribution in [0.5, 0.6) is 5.75 Å². The van der Waals surface area contributed by atoms with Crippen molar-refractivity contribution >= 4 is 29.1 Å². The maximum atomic E-state index is 14.7. The number of ether oxygens (including phenoxy) is 2. The highest BCUT2D eigenvalue weighted by Crippen LogP contribution is 2.58. The molecule has 4 heterocycles. The number of amides is 3. The number of carbonyl (C=O) groups is 3. The van der Waals surface area contributed by atoms with E-state index in [0.717, 1.165) is 18.5 Å². The van der Waals surface area contributed by atoms with Crippen LogP contribution in [0.15, 0.2) is 78.9 Å². The number of anilines is 2. The standard InChI is InChI=1S/C35H41N3O6/c1-3-34-19-11-22-36(25-13-7-6-8-14-25)31(40)28(34)29-32(41)38(21-9-4-5-10-24-39)30-33(42)37(23-12-20-35(29,30)44-34)26-15-17-27(43-2)18-16-26/h6-8,11-20,28-30,39H,3-5,9-10,21-24H2,1-2H3/t28-,29+,30?,34+,35+/m1/s1. The van der Waals surface area contributed by atoms with E-state index in [4.69, 9.17) is 9.47 Å². The summed E-state index contributed by atoms with van der Waals surface area (Å²) in [5.74, 6) is -1.60. The fourth-order valence-corrected chi connectivity index (χ4v) is 7.58. The number of nitrogens with zero attached hydrogens (tertiary/aromatic N) is 3. The maximum absolute atomic E-state index is 14.7. The molecule has 2 fully saturated rings. The Kier molecular flexibility index (Phi) is 8.35. The molecule has 0 aliphatic carbocycles. The van der Waals surface area contributed by atoms with Gasteiger partial charge in [-0.3, -0.25) is 14.4 Å². The lowest BCUT2D eigenvalue weighted by atomic mass is 9.73. The number of likely N-dealkylation sites (tertiary alicyclic amines) is 1. The third-order valence-electron chi connectivity index (χ3n) is 9.70. The molecule has 1 N–H and O–H groups in total. The third kappa shape index (κ3) is 4.82.